The summed E-state index contributed by atoms with van der Waals surface area (Å²) < 4.78 is 11.2. The van der Waals surface area contributed by atoms with Crippen molar-refractivity contribution in [3.05, 3.63) is 0 Å². The van der Waals surface area contributed by atoms with E-state index >= 15 is 0 Å². The van der Waals surface area contributed by atoms with E-state index in [4.69, 9.17) is 9.47 Å². The molecule has 5 nitrogen and oxygen atoms in total. The maximum absolute atomic E-state index is 9.19. The molecule has 0 aromatic rings. The lowest BCUT2D eigenvalue weighted by Gasteiger charge is -2.43. The Kier molecular flexibility index (Phi) is 5.38. The van der Waals surface area contributed by atoms with Crippen LogP contribution in [0.1, 0.15) is 12.8 Å². The van der Waals surface area contributed by atoms with Crippen molar-refractivity contribution in [1.29, 1.82) is 0 Å². The third-order valence-electron chi connectivity index (χ3n) is 3.94. The highest BCUT2D eigenvalue weighted by molar-refractivity contribution is 4.88. The molecule has 0 aliphatic carbocycles. The lowest BCUT2D eigenvalue weighted by Crippen LogP contribution is -2.53. The normalized spacial score (nSPS) is 34.7. The minimum absolute atomic E-state index is 0.0186. The molecule has 0 bridgehead atoms. The molecule has 0 radical (unpaired) electrons. The molecular weight excluding hydrogens is 232 g/mol. The summed E-state index contributed by atoms with van der Waals surface area (Å²) in [6.45, 7) is 6.41. The fraction of sp³-hybridized carbons (Fsp3) is 1.00. The number of hydrogen-bond donors (Lipinski definition) is 2. The fourth-order valence-electron chi connectivity index (χ4n) is 3.11. The molecule has 2 heterocycles. The Hall–Kier alpha value is -0.200. The number of rotatable bonds is 5. The lowest BCUT2D eigenvalue weighted by molar-refractivity contribution is -0.0807. The summed E-state index contributed by atoms with van der Waals surface area (Å²) in [5, 5.41) is 12.5. The van der Waals surface area contributed by atoms with Gasteiger partial charge in [0.05, 0.1) is 25.9 Å². The van der Waals surface area contributed by atoms with Gasteiger partial charge >= 0.3 is 0 Å². The van der Waals surface area contributed by atoms with Gasteiger partial charge in [0.1, 0.15) is 0 Å². The first kappa shape index (κ1) is 14.2. The zero-order valence-electron chi connectivity index (χ0n) is 11.4. The molecule has 0 aromatic heterocycles. The van der Waals surface area contributed by atoms with Crippen LogP contribution in [0.15, 0.2) is 0 Å². The third kappa shape index (κ3) is 3.65. The molecule has 0 spiro atoms. The van der Waals surface area contributed by atoms with Crippen LogP contribution in [0.2, 0.25) is 0 Å². The molecule has 106 valence electrons. The summed E-state index contributed by atoms with van der Waals surface area (Å²) in [6.07, 6.45) is 2.35. The van der Waals surface area contributed by atoms with Gasteiger partial charge in [0.25, 0.3) is 0 Å². The van der Waals surface area contributed by atoms with E-state index in [2.05, 4.69) is 10.2 Å². The second-order valence-electron chi connectivity index (χ2n) is 5.60. The third-order valence-corrected chi connectivity index (χ3v) is 3.94. The van der Waals surface area contributed by atoms with Crippen LogP contribution >= 0.6 is 0 Å². The van der Waals surface area contributed by atoms with Gasteiger partial charge in [-0.1, -0.05) is 0 Å². The van der Waals surface area contributed by atoms with Gasteiger partial charge in [0.2, 0.25) is 0 Å². The SMILES string of the molecule is CNCC1(CN2CCOC(CO)C2)CCCOC1. The van der Waals surface area contributed by atoms with Crippen molar-refractivity contribution >= 4 is 0 Å². The van der Waals surface area contributed by atoms with E-state index in [0.717, 1.165) is 52.4 Å². The minimum atomic E-state index is -0.0186. The number of ether oxygens (including phenoxy) is 2. The Labute approximate surface area is 109 Å². The van der Waals surface area contributed by atoms with E-state index in [9.17, 15) is 5.11 Å². The van der Waals surface area contributed by atoms with Crippen molar-refractivity contribution in [2.75, 3.05) is 59.7 Å². The van der Waals surface area contributed by atoms with Crippen LogP contribution in [0.5, 0.6) is 0 Å². The van der Waals surface area contributed by atoms with Gasteiger partial charge in [-0.05, 0) is 19.9 Å². The van der Waals surface area contributed by atoms with Gasteiger partial charge in [-0.2, -0.15) is 0 Å². The van der Waals surface area contributed by atoms with E-state index in [-0.39, 0.29) is 18.1 Å². The van der Waals surface area contributed by atoms with Crippen molar-refractivity contribution in [2.45, 2.75) is 18.9 Å². The van der Waals surface area contributed by atoms with Crippen molar-refractivity contribution < 1.29 is 14.6 Å². The molecule has 18 heavy (non-hydrogen) atoms. The minimum Gasteiger partial charge on any atom is -0.394 e. The van der Waals surface area contributed by atoms with E-state index in [1.807, 2.05) is 7.05 Å². The van der Waals surface area contributed by atoms with E-state index in [1.54, 1.807) is 0 Å². The summed E-state index contributed by atoms with van der Waals surface area (Å²) in [7, 11) is 2.01. The standard InChI is InChI=1S/C13H26N2O3/c1-14-9-13(3-2-5-17-11-13)10-15-4-6-18-12(7-15)8-16/h12,14,16H,2-11H2,1H3. The van der Waals surface area contributed by atoms with Crippen LogP contribution in [0.3, 0.4) is 0 Å². The molecule has 0 amide bonds. The monoisotopic (exact) mass is 258 g/mol. The highest BCUT2D eigenvalue weighted by Crippen LogP contribution is 2.29. The molecule has 2 atom stereocenters. The van der Waals surface area contributed by atoms with Crippen LogP contribution < -0.4 is 5.32 Å². The van der Waals surface area contributed by atoms with Crippen molar-refractivity contribution in [3.63, 3.8) is 0 Å². The first-order chi connectivity index (χ1) is 8.78. The summed E-state index contributed by atoms with van der Waals surface area (Å²) in [5.74, 6) is 0. The Morgan fingerprint density at radius 1 is 1.44 bits per heavy atom. The molecule has 2 aliphatic heterocycles. The molecule has 0 aromatic carbocycles. The zero-order valence-corrected chi connectivity index (χ0v) is 11.4. The molecule has 5 heteroatoms. The number of nitrogens with zero attached hydrogens (tertiary/aromatic N) is 1. The highest BCUT2D eigenvalue weighted by Gasteiger charge is 2.35. The summed E-state index contributed by atoms with van der Waals surface area (Å²) in [6, 6.07) is 0. The van der Waals surface area contributed by atoms with E-state index in [1.165, 1.54) is 6.42 Å². The molecule has 2 fully saturated rings. The predicted molar refractivity (Wildman–Crippen MR) is 69.7 cm³/mol. The van der Waals surface area contributed by atoms with Gasteiger partial charge in [-0.15, -0.1) is 0 Å². The van der Waals surface area contributed by atoms with Crippen molar-refractivity contribution in [3.8, 4) is 0 Å². The van der Waals surface area contributed by atoms with Crippen molar-refractivity contribution in [2.24, 2.45) is 5.41 Å². The van der Waals surface area contributed by atoms with Gasteiger partial charge in [-0.25, -0.2) is 0 Å². The largest absolute Gasteiger partial charge is 0.394 e. The maximum Gasteiger partial charge on any atom is 0.0932 e. The van der Waals surface area contributed by atoms with Gasteiger partial charge in [0, 0.05) is 38.2 Å². The Balaban J connectivity index is 1.91. The summed E-state index contributed by atoms with van der Waals surface area (Å²) in [4.78, 5) is 2.41. The predicted octanol–water partition coefficient (Wildman–Crippen LogP) is -0.304. The maximum atomic E-state index is 9.19. The van der Waals surface area contributed by atoms with E-state index < -0.39 is 0 Å². The Bertz CT molecular complexity index is 239. The van der Waals surface area contributed by atoms with Gasteiger partial charge in [0.15, 0.2) is 0 Å². The summed E-state index contributed by atoms with van der Waals surface area (Å²) in [5.41, 5.74) is 0.227. The molecule has 2 saturated heterocycles. The molecule has 2 rings (SSSR count). The first-order valence-electron chi connectivity index (χ1n) is 6.95. The molecule has 2 aliphatic rings. The van der Waals surface area contributed by atoms with Crippen molar-refractivity contribution in [1.82, 2.24) is 10.2 Å². The molecular formula is C13H26N2O3. The Morgan fingerprint density at radius 2 is 2.33 bits per heavy atom. The van der Waals surface area contributed by atoms with Crippen LogP contribution in [0, 0.1) is 5.41 Å². The summed E-state index contributed by atoms with van der Waals surface area (Å²) >= 11 is 0. The highest BCUT2D eigenvalue weighted by atomic mass is 16.5. The lowest BCUT2D eigenvalue weighted by atomic mass is 9.81. The molecule has 2 N–H and O–H groups in total. The van der Waals surface area contributed by atoms with Gasteiger partial charge < -0.3 is 19.9 Å². The van der Waals surface area contributed by atoms with Crippen LogP contribution in [-0.4, -0.2) is 75.8 Å². The number of aliphatic hydroxyl groups excluding tert-OH is 1. The topological polar surface area (TPSA) is 54.0 Å². The van der Waals surface area contributed by atoms with Crippen LogP contribution in [0.25, 0.3) is 0 Å². The second-order valence-corrected chi connectivity index (χ2v) is 5.60. The zero-order chi connectivity index (χ0) is 12.8. The number of morpholine rings is 1. The molecule has 0 saturated carbocycles. The van der Waals surface area contributed by atoms with E-state index in [0.29, 0.717) is 0 Å². The number of aliphatic hydroxyl groups is 1. The Morgan fingerprint density at radius 3 is 3.00 bits per heavy atom. The average molecular weight is 258 g/mol. The fourth-order valence-corrected chi connectivity index (χ4v) is 3.11. The van der Waals surface area contributed by atoms with Crippen LogP contribution in [0.4, 0.5) is 0 Å². The van der Waals surface area contributed by atoms with Gasteiger partial charge in [-0.3, -0.25) is 4.90 Å². The average Bonchev–Trinajstić information content (AvgIpc) is 2.40. The number of hydrogen-bond acceptors (Lipinski definition) is 5. The first-order valence-corrected chi connectivity index (χ1v) is 6.95. The molecule has 2 unspecified atom stereocenters. The van der Waals surface area contributed by atoms with Crippen LogP contribution in [-0.2, 0) is 9.47 Å². The number of nitrogens with one attached hydrogen (secondary N) is 1. The smallest absolute Gasteiger partial charge is 0.0932 e. The quantitative estimate of drug-likeness (QED) is 0.709. The second kappa shape index (κ2) is 6.82.